The lowest BCUT2D eigenvalue weighted by Crippen LogP contribution is -2.42. The molecule has 0 aliphatic carbocycles. The van der Waals surface area contributed by atoms with Gasteiger partial charge < -0.3 is 15.5 Å². The number of nitrogens with zero attached hydrogens (tertiary/aromatic N) is 3. The predicted molar refractivity (Wildman–Crippen MR) is 105 cm³/mol. The summed E-state index contributed by atoms with van der Waals surface area (Å²) in [6, 6.07) is 10.7. The number of carbonyl (C=O) groups is 3. The topological polar surface area (TPSA) is 96.3 Å². The molecule has 0 unspecified atom stereocenters. The van der Waals surface area contributed by atoms with Gasteiger partial charge in [0, 0.05) is 25.6 Å². The molecule has 1 aromatic heterocycles. The molecule has 1 aliphatic heterocycles. The lowest BCUT2D eigenvalue weighted by atomic mass is 10.1. The number of hydrogen-bond acceptors (Lipinski definition) is 4. The van der Waals surface area contributed by atoms with Crippen LogP contribution in [0.3, 0.4) is 0 Å². The van der Waals surface area contributed by atoms with Gasteiger partial charge in [0.1, 0.15) is 5.82 Å². The Labute approximate surface area is 163 Å². The van der Waals surface area contributed by atoms with Crippen molar-refractivity contribution in [2.75, 3.05) is 25.0 Å². The van der Waals surface area contributed by atoms with E-state index in [1.807, 2.05) is 30.3 Å². The minimum Gasteiger partial charge on any atom is -0.342 e. The fraction of sp³-hybridized carbons (Fsp3) is 0.400. The molecule has 1 fully saturated rings. The Bertz CT molecular complexity index is 841. The normalized spacial score (nSPS) is 13.8. The summed E-state index contributed by atoms with van der Waals surface area (Å²) in [4.78, 5) is 38.4. The van der Waals surface area contributed by atoms with Crippen LogP contribution >= 0.6 is 0 Å². The summed E-state index contributed by atoms with van der Waals surface area (Å²) in [6.45, 7) is 3.17. The highest BCUT2D eigenvalue weighted by Crippen LogP contribution is 2.17. The summed E-state index contributed by atoms with van der Waals surface area (Å²) in [6.07, 6.45) is 3.45. The fourth-order valence-corrected chi connectivity index (χ4v) is 3.08. The van der Waals surface area contributed by atoms with Crippen LogP contribution in [-0.4, -0.2) is 52.0 Å². The van der Waals surface area contributed by atoms with Crippen LogP contribution in [0.2, 0.25) is 0 Å². The van der Waals surface area contributed by atoms with E-state index in [1.54, 1.807) is 11.8 Å². The average molecular weight is 383 g/mol. The van der Waals surface area contributed by atoms with Gasteiger partial charge in [-0.2, -0.15) is 5.10 Å². The van der Waals surface area contributed by atoms with E-state index in [-0.39, 0.29) is 24.1 Å². The number of hydrogen-bond donors (Lipinski definition) is 2. The van der Waals surface area contributed by atoms with Gasteiger partial charge >= 0.3 is 0 Å². The second-order valence-electron chi connectivity index (χ2n) is 6.69. The molecule has 1 aliphatic rings. The zero-order valence-corrected chi connectivity index (χ0v) is 16.0. The largest absolute Gasteiger partial charge is 0.342 e. The molecular weight excluding hydrogens is 358 g/mol. The van der Waals surface area contributed by atoms with Gasteiger partial charge in [0.05, 0.1) is 12.2 Å². The van der Waals surface area contributed by atoms with Gasteiger partial charge in [-0.25, -0.2) is 4.68 Å². The van der Waals surface area contributed by atoms with Crippen molar-refractivity contribution in [1.82, 2.24) is 20.0 Å². The molecule has 0 radical (unpaired) electrons. The van der Waals surface area contributed by atoms with Crippen LogP contribution in [0.4, 0.5) is 5.82 Å². The standard InChI is InChI=1S/C20H25N5O3/c1-2-18(26)22-17-13-16(23-25(17)15-9-5-3-6-10-15)20(28)21-14-19(27)24-11-7-4-8-12-24/h3,5-6,9-10,13H,2,4,7-8,11-12,14H2,1H3,(H,21,28)(H,22,26). The van der Waals surface area contributed by atoms with Crippen molar-refractivity contribution in [2.45, 2.75) is 32.6 Å². The van der Waals surface area contributed by atoms with Gasteiger partial charge in [-0.3, -0.25) is 14.4 Å². The van der Waals surface area contributed by atoms with E-state index in [0.717, 1.165) is 38.0 Å². The Balaban J connectivity index is 1.72. The maximum atomic E-state index is 12.5. The summed E-state index contributed by atoms with van der Waals surface area (Å²) in [5.41, 5.74) is 0.860. The van der Waals surface area contributed by atoms with E-state index in [1.165, 1.54) is 10.7 Å². The second kappa shape index (κ2) is 9.16. The number of likely N-dealkylation sites (tertiary alicyclic amines) is 1. The molecule has 8 heteroatoms. The maximum absolute atomic E-state index is 12.5. The third-order valence-corrected chi connectivity index (χ3v) is 4.64. The molecule has 8 nitrogen and oxygen atoms in total. The maximum Gasteiger partial charge on any atom is 0.272 e. The van der Waals surface area contributed by atoms with E-state index in [9.17, 15) is 14.4 Å². The Kier molecular flexibility index (Phi) is 6.41. The van der Waals surface area contributed by atoms with Crippen molar-refractivity contribution in [1.29, 1.82) is 0 Å². The zero-order chi connectivity index (χ0) is 19.9. The molecule has 28 heavy (non-hydrogen) atoms. The number of amides is 3. The first-order valence-electron chi connectivity index (χ1n) is 9.60. The first-order chi connectivity index (χ1) is 13.6. The van der Waals surface area contributed by atoms with E-state index in [4.69, 9.17) is 0 Å². The quantitative estimate of drug-likeness (QED) is 0.797. The Morgan fingerprint density at radius 1 is 1.07 bits per heavy atom. The molecule has 3 rings (SSSR count). The number of aromatic nitrogens is 2. The number of anilines is 1. The summed E-state index contributed by atoms with van der Waals surface area (Å²) in [5, 5.41) is 9.72. The number of nitrogens with one attached hydrogen (secondary N) is 2. The Hall–Kier alpha value is -3.16. The van der Waals surface area contributed by atoms with Crippen molar-refractivity contribution in [3.8, 4) is 5.69 Å². The molecule has 0 spiro atoms. The van der Waals surface area contributed by atoms with Crippen LogP contribution in [0.15, 0.2) is 36.4 Å². The van der Waals surface area contributed by atoms with Crippen LogP contribution in [0, 0.1) is 0 Å². The van der Waals surface area contributed by atoms with Crippen molar-refractivity contribution in [2.24, 2.45) is 0 Å². The summed E-state index contributed by atoms with van der Waals surface area (Å²) < 4.78 is 1.51. The number of benzene rings is 1. The molecule has 1 saturated heterocycles. The molecule has 3 amide bonds. The van der Waals surface area contributed by atoms with Crippen LogP contribution in [0.1, 0.15) is 43.1 Å². The molecule has 148 valence electrons. The summed E-state index contributed by atoms with van der Waals surface area (Å²) >= 11 is 0. The molecule has 0 atom stereocenters. The minimum atomic E-state index is -0.452. The van der Waals surface area contributed by atoms with Gasteiger partial charge in [0.2, 0.25) is 11.8 Å². The number of carbonyl (C=O) groups excluding carboxylic acids is 3. The number of para-hydroxylation sites is 1. The highest BCUT2D eigenvalue weighted by molar-refractivity contribution is 5.97. The summed E-state index contributed by atoms with van der Waals surface area (Å²) in [7, 11) is 0. The highest BCUT2D eigenvalue weighted by Gasteiger charge is 2.20. The van der Waals surface area contributed by atoms with E-state index >= 15 is 0 Å². The summed E-state index contributed by atoms with van der Waals surface area (Å²) in [5.74, 6) is -0.308. The van der Waals surface area contributed by atoms with Crippen molar-refractivity contribution in [3.05, 3.63) is 42.1 Å². The zero-order valence-electron chi connectivity index (χ0n) is 16.0. The monoisotopic (exact) mass is 383 g/mol. The second-order valence-corrected chi connectivity index (χ2v) is 6.69. The van der Waals surface area contributed by atoms with Gasteiger partial charge in [0.15, 0.2) is 5.69 Å². The first kappa shape index (κ1) is 19.6. The van der Waals surface area contributed by atoms with Crippen molar-refractivity contribution in [3.63, 3.8) is 0 Å². The molecule has 2 heterocycles. The lowest BCUT2D eigenvalue weighted by molar-refractivity contribution is -0.131. The van der Waals surface area contributed by atoms with Gasteiger partial charge in [-0.05, 0) is 31.4 Å². The third-order valence-electron chi connectivity index (χ3n) is 4.64. The number of rotatable bonds is 6. The molecular formula is C20H25N5O3. The molecule has 0 saturated carbocycles. The van der Waals surface area contributed by atoms with Crippen LogP contribution in [0.25, 0.3) is 5.69 Å². The predicted octanol–water partition coefficient (Wildman–Crippen LogP) is 1.96. The minimum absolute atomic E-state index is 0.0618. The Morgan fingerprint density at radius 3 is 2.46 bits per heavy atom. The first-order valence-corrected chi connectivity index (χ1v) is 9.60. The van der Waals surface area contributed by atoms with E-state index in [0.29, 0.717) is 12.2 Å². The smallest absolute Gasteiger partial charge is 0.272 e. The van der Waals surface area contributed by atoms with Gasteiger partial charge in [0.25, 0.3) is 5.91 Å². The van der Waals surface area contributed by atoms with Crippen molar-refractivity contribution < 1.29 is 14.4 Å². The molecule has 2 aromatic rings. The average Bonchev–Trinajstić information content (AvgIpc) is 3.16. The van der Waals surface area contributed by atoms with Crippen molar-refractivity contribution >= 4 is 23.5 Å². The third kappa shape index (κ3) is 4.76. The molecule has 0 bridgehead atoms. The Morgan fingerprint density at radius 2 is 1.79 bits per heavy atom. The number of piperidine rings is 1. The van der Waals surface area contributed by atoms with Crippen LogP contribution < -0.4 is 10.6 Å². The highest BCUT2D eigenvalue weighted by atomic mass is 16.2. The van der Waals surface area contributed by atoms with Gasteiger partial charge in [-0.15, -0.1) is 0 Å². The lowest BCUT2D eigenvalue weighted by Gasteiger charge is -2.26. The van der Waals surface area contributed by atoms with E-state index in [2.05, 4.69) is 15.7 Å². The van der Waals surface area contributed by atoms with Crippen LogP contribution in [-0.2, 0) is 9.59 Å². The SMILES string of the molecule is CCC(=O)Nc1cc(C(=O)NCC(=O)N2CCCCC2)nn1-c1ccccc1. The van der Waals surface area contributed by atoms with Crippen LogP contribution in [0.5, 0.6) is 0 Å². The van der Waals surface area contributed by atoms with Gasteiger partial charge in [-0.1, -0.05) is 25.1 Å². The van der Waals surface area contributed by atoms with E-state index < -0.39 is 5.91 Å². The fourth-order valence-electron chi connectivity index (χ4n) is 3.08. The molecule has 2 N–H and O–H groups in total. The molecule has 1 aromatic carbocycles.